The summed E-state index contributed by atoms with van der Waals surface area (Å²) < 4.78 is 2.01. The van der Waals surface area contributed by atoms with E-state index in [0.717, 1.165) is 29.2 Å². The zero-order valence-corrected chi connectivity index (χ0v) is 19.3. The number of hydrogen-bond acceptors (Lipinski definition) is 4. The number of nitrogens with zero attached hydrogens (tertiary/aromatic N) is 3. The van der Waals surface area contributed by atoms with Crippen molar-refractivity contribution in [3.63, 3.8) is 0 Å². The van der Waals surface area contributed by atoms with Crippen LogP contribution in [0.3, 0.4) is 0 Å². The molecule has 1 aromatic heterocycles. The van der Waals surface area contributed by atoms with E-state index in [-0.39, 0.29) is 11.7 Å². The molecule has 4 aromatic rings. The highest BCUT2D eigenvalue weighted by Gasteiger charge is 2.17. The van der Waals surface area contributed by atoms with Crippen molar-refractivity contribution in [3.05, 3.63) is 89.5 Å². The van der Waals surface area contributed by atoms with Crippen LogP contribution in [0.1, 0.15) is 23.6 Å². The van der Waals surface area contributed by atoms with Crippen LogP contribution >= 0.6 is 11.8 Å². The van der Waals surface area contributed by atoms with Gasteiger partial charge in [-0.3, -0.25) is 9.36 Å². The van der Waals surface area contributed by atoms with E-state index < -0.39 is 0 Å². The van der Waals surface area contributed by atoms with Crippen LogP contribution in [-0.2, 0) is 11.2 Å². The van der Waals surface area contributed by atoms with Crippen LogP contribution in [0, 0.1) is 13.8 Å². The highest BCUT2D eigenvalue weighted by Crippen LogP contribution is 2.28. The molecule has 162 valence electrons. The molecule has 32 heavy (non-hydrogen) atoms. The summed E-state index contributed by atoms with van der Waals surface area (Å²) in [4.78, 5) is 12.6. The molecule has 1 heterocycles. The smallest absolute Gasteiger partial charge is 0.234 e. The molecule has 0 aliphatic carbocycles. The number of carbonyl (C=O) groups is 1. The Morgan fingerprint density at radius 1 is 0.875 bits per heavy atom. The third kappa shape index (κ3) is 5.08. The average molecular weight is 443 g/mol. The summed E-state index contributed by atoms with van der Waals surface area (Å²) in [5.41, 5.74) is 6.36. The Bertz CT molecular complexity index is 1200. The summed E-state index contributed by atoms with van der Waals surface area (Å²) in [6.07, 6.45) is 0.974. The number of amides is 1. The largest absolute Gasteiger partial charge is 0.325 e. The molecular formula is C26H26N4OS. The van der Waals surface area contributed by atoms with Gasteiger partial charge >= 0.3 is 0 Å². The lowest BCUT2D eigenvalue weighted by molar-refractivity contribution is -0.113. The maximum absolute atomic E-state index is 12.6. The van der Waals surface area contributed by atoms with Crippen LogP contribution in [0.2, 0.25) is 0 Å². The minimum atomic E-state index is -0.0745. The second-order valence-electron chi connectivity index (χ2n) is 7.73. The summed E-state index contributed by atoms with van der Waals surface area (Å²) in [5, 5.41) is 12.5. The molecule has 0 spiro atoms. The Kier molecular flexibility index (Phi) is 6.71. The Hall–Kier alpha value is -3.38. The zero-order chi connectivity index (χ0) is 22.5. The van der Waals surface area contributed by atoms with Crippen LogP contribution in [0.25, 0.3) is 17.1 Å². The lowest BCUT2D eigenvalue weighted by Crippen LogP contribution is -2.14. The molecule has 0 atom stereocenters. The zero-order valence-electron chi connectivity index (χ0n) is 18.5. The van der Waals surface area contributed by atoms with Gasteiger partial charge in [-0.25, -0.2) is 0 Å². The minimum Gasteiger partial charge on any atom is -0.325 e. The van der Waals surface area contributed by atoms with Gasteiger partial charge in [0.2, 0.25) is 5.91 Å². The molecule has 6 heteroatoms. The van der Waals surface area contributed by atoms with Crippen molar-refractivity contribution in [2.24, 2.45) is 0 Å². The second kappa shape index (κ2) is 9.83. The topological polar surface area (TPSA) is 59.8 Å². The number of carbonyl (C=O) groups excluding carboxylic acids is 1. The normalized spacial score (nSPS) is 10.8. The van der Waals surface area contributed by atoms with Crippen molar-refractivity contribution in [1.82, 2.24) is 14.8 Å². The summed E-state index contributed by atoms with van der Waals surface area (Å²) >= 11 is 1.38. The summed E-state index contributed by atoms with van der Waals surface area (Å²) in [7, 11) is 0. The summed E-state index contributed by atoms with van der Waals surface area (Å²) in [6.45, 7) is 6.23. The quantitative estimate of drug-likeness (QED) is 0.365. The number of rotatable bonds is 7. The third-order valence-electron chi connectivity index (χ3n) is 5.21. The lowest BCUT2D eigenvalue weighted by Gasteiger charge is -2.11. The van der Waals surface area contributed by atoms with Crippen molar-refractivity contribution in [3.8, 4) is 17.1 Å². The first-order valence-corrected chi connectivity index (χ1v) is 11.6. The van der Waals surface area contributed by atoms with Crippen molar-refractivity contribution < 1.29 is 4.79 Å². The van der Waals surface area contributed by atoms with Gasteiger partial charge < -0.3 is 5.32 Å². The molecule has 5 nitrogen and oxygen atoms in total. The fraction of sp³-hybridized carbons (Fsp3) is 0.192. The highest BCUT2D eigenvalue weighted by molar-refractivity contribution is 7.99. The first-order valence-electron chi connectivity index (χ1n) is 10.6. The van der Waals surface area contributed by atoms with Gasteiger partial charge in [-0.2, -0.15) is 0 Å². The van der Waals surface area contributed by atoms with Crippen molar-refractivity contribution >= 4 is 23.4 Å². The predicted molar refractivity (Wildman–Crippen MR) is 131 cm³/mol. The van der Waals surface area contributed by atoms with Crippen molar-refractivity contribution in [1.29, 1.82) is 0 Å². The van der Waals surface area contributed by atoms with Crippen LogP contribution in [0.4, 0.5) is 5.69 Å². The molecular weight excluding hydrogens is 416 g/mol. The molecule has 0 bridgehead atoms. The maximum atomic E-state index is 12.6. The molecule has 1 N–H and O–H groups in total. The average Bonchev–Trinajstić information content (AvgIpc) is 3.23. The summed E-state index contributed by atoms with van der Waals surface area (Å²) in [6, 6.07) is 24.4. The molecule has 0 radical (unpaired) electrons. The van der Waals surface area contributed by atoms with Crippen LogP contribution in [0.5, 0.6) is 0 Å². The van der Waals surface area contributed by atoms with E-state index in [1.807, 2.05) is 41.0 Å². The Morgan fingerprint density at radius 3 is 2.12 bits per heavy atom. The van der Waals surface area contributed by atoms with E-state index in [2.05, 4.69) is 72.7 Å². The van der Waals surface area contributed by atoms with Crippen LogP contribution < -0.4 is 5.32 Å². The van der Waals surface area contributed by atoms with Crippen LogP contribution in [0.15, 0.2) is 78.0 Å². The fourth-order valence-corrected chi connectivity index (χ4v) is 4.08. The van der Waals surface area contributed by atoms with E-state index in [9.17, 15) is 4.79 Å². The predicted octanol–water partition coefficient (Wildman–Crippen LogP) is 5.84. The van der Waals surface area contributed by atoms with Gasteiger partial charge in [0.05, 0.1) is 5.75 Å². The molecule has 0 saturated heterocycles. The summed E-state index contributed by atoms with van der Waals surface area (Å²) in [5.74, 6) is 0.925. The number of aromatic nitrogens is 3. The van der Waals surface area contributed by atoms with Crippen LogP contribution in [-0.4, -0.2) is 26.4 Å². The molecule has 0 saturated carbocycles. The number of hydrogen-bond donors (Lipinski definition) is 1. The fourth-order valence-electron chi connectivity index (χ4n) is 3.33. The Labute approximate surface area is 192 Å². The molecule has 1 amide bonds. The van der Waals surface area contributed by atoms with Crippen molar-refractivity contribution in [2.75, 3.05) is 11.1 Å². The number of nitrogens with one attached hydrogen (secondary N) is 1. The van der Waals surface area contributed by atoms with E-state index in [0.29, 0.717) is 5.16 Å². The third-order valence-corrected chi connectivity index (χ3v) is 6.14. The number of aryl methyl sites for hydroxylation is 3. The van der Waals surface area contributed by atoms with Gasteiger partial charge in [0.1, 0.15) is 0 Å². The van der Waals surface area contributed by atoms with Gasteiger partial charge in [0.25, 0.3) is 0 Å². The standard InChI is InChI=1S/C26H26N4OS/c1-4-20-9-13-22(14-10-20)27-24(31)17-32-26-29-28-25(21-11-5-18(2)6-12-21)30(26)23-15-7-19(3)8-16-23/h5-16H,4,17H2,1-3H3,(H,27,31). The SMILES string of the molecule is CCc1ccc(NC(=O)CSc2nnc(-c3ccc(C)cc3)n2-c2ccc(C)cc2)cc1. The van der Waals surface area contributed by atoms with Gasteiger partial charge in [-0.15, -0.1) is 10.2 Å². The molecule has 0 unspecified atom stereocenters. The van der Waals surface area contributed by atoms with Gasteiger partial charge in [0, 0.05) is 16.9 Å². The number of anilines is 1. The van der Waals surface area contributed by atoms with E-state index in [1.165, 1.54) is 28.5 Å². The number of benzene rings is 3. The molecule has 0 aliphatic heterocycles. The molecule has 3 aromatic carbocycles. The second-order valence-corrected chi connectivity index (χ2v) is 8.67. The van der Waals surface area contributed by atoms with Gasteiger partial charge in [-0.05, 0) is 50.1 Å². The van der Waals surface area contributed by atoms with E-state index in [4.69, 9.17) is 0 Å². The Balaban J connectivity index is 1.56. The Morgan fingerprint density at radius 2 is 1.50 bits per heavy atom. The van der Waals surface area contributed by atoms with Gasteiger partial charge in [-0.1, -0.05) is 78.3 Å². The maximum Gasteiger partial charge on any atom is 0.234 e. The van der Waals surface area contributed by atoms with Gasteiger partial charge in [0.15, 0.2) is 11.0 Å². The first-order chi connectivity index (χ1) is 15.5. The number of thioether (sulfide) groups is 1. The highest BCUT2D eigenvalue weighted by atomic mass is 32.2. The minimum absolute atomic E-state index is 0.0745. The first kappa shape index (κ1) is 21.8. The van der Waals surface area contributed by atoms with E-state index >= 15 is 0 Å². The molecule has 4 rings (SSSR count). The molecule has 0 fully saturated rings. The monoisotopic (exact) mass is 442 g/mol. The van der Waals surface area contributed by atoms with E-state index in [1.54, 1.807) is 0 Å². The molecule has 0 aliphatic rings. The lowest BCUT2D eigenvalue weighted by atomic mass is 10.1. The van der Waals surface area contributed by atoms with Crippen molar-refractivity contribution in [2.45, 2.75) is 32.3 Å².